The Labute approximate surface area is 90.4 Å². The number of aromatic nitrogens is 2. The molecule has 0 unspecified atom stereocenters. The van der Waals surface area contributed by atoms with E-state index in [0.717, 1.165) is 22.5 Å². The van der Waals surface area contributed by atoms with Crippen LogP contribution in [0.3, 0.4) is 0 Å². The zero-order valence-electron chi connectivity index (χ0n) is 8.14. The number of hydrogen-bond donors (Lipinski definition) is 1. The smallest absolute Gasteiger partial charge is 0.0965 e. The van der Waals surface area contributed by atoms with Crippen LogP contribution in [-0.2, 0) is 6.54 Å². The van der Waals surface area contributed by atoms with Gasteiger partial charge in [0, 0.05) is 27.1 Å². The van der Waals surface area contributed by atoms with E-state index in [0.29, 0.717) is 6.54 Å². The molecule has 2 aromatic heterocycles. The molecule has 2 heterocycles. The molecule has 2 rings (SSSR count). The first-order valence-electron chi connectivity index (χ1n) is 4.40. The number of aryl methyl sites for hydroxylation is 1. The van der Waals surface area contributed by atoms with Gasteiger partial charge in [0.1, 0.15) is 0 Å². The second kappa shape index (κ2) is 4.16. The summed E-state index contributed by atoms with van der Waals surface area (Å²) in [6.45, 7) is 2.26. The molecule has 0 aliphatic rings. The summed E-state index contributed by atoms with van der Waals surface area (Å²) in [6.07, 6.45) is 0. The van der Waals surface area contributed by atoms with Crippen molar-refractivity contribution < 1.29 is 0 Å². The van der Waals surface area contributed by atoms with Gasteiger partial charge >= 0.3 is 0 Å². The van der Waals surface area contributed by atoms with Crippen LogP contribution in [0.4, 0.5) is 0 Å². The van der Waals surface area contributed by atoms with Gasteiger partial charge in [0.05, 0.1) is 12.2 Å². The molecule has 0 bridgehead atoms. The molecule has 15 heavy (non-hydrogen) atoms. The average molecular weight is 219 g/mol. The summed E-state index contributed by atoms with van der Waals surface area (Å²) in [6, 6.07) is 2.00. The quantitative estimate of drug-likeness (QED) is 0.480. The number of nitrogens with one attached hydrogen (secondary N) is 1. The third-order valence-corrected chi connectivity index (χ3v) is 2.84. The van der Waals surface area contributed by atoms with Gasteiger partial charge < -0.3 is 0 Å². The van der Waals surface area contributed by atoms with E-state index >= 15 is 0 Å². The number of aromatic amines is 1. The van der Waals surface area contributed by atoms with Gasteiger partial charge in [0.15, 0.2) is 0 Å². The molecule has 2 aromatic rings. The predicted octanol–water partition coefficient (Wildman–Crippen LogP) is 3.26. The van der Waals surface area contributed by atoms with Crippen LogP contribution in [-0.4, -0.2) is 10.2 Å². The molecule has 0 atom stereocenters. The molecule has 0 fully saturated rings. The lowest BCUT2D eigenvalue weighted by Gasteiger charge is -1.96. The second-order valence-electron chi connectivity index (χ2n) is 3.08. The number of hydrogen-bond acceptors (Lipinski definition) is 3. The Hall–Kier alpha value is -1.78. The van der Waals surface area contributed by atoms with Gasteiger partial charge in [-0.15, -0.1) is 0 Å². The summed E-state index contributed by atoms with van der Waals surface area (Å²) in [5, 5.41) is 14.7. The highest BCUT2D eigenvalue weighted by atomic mass is 32.1. The van der Waals surface area contributed by atoms with Gasteiger partial charge in [0.25, 0.3) is 0 Å². The van der Waals surface area contributed by atoms with Crippen molar-refractivity contribution in [1.82, 2.24) is 10.2 Å². The fourth-order valence-electron chi connectivity index (χ4n) is 1.39. The third-order valence-electron chi connectivity index (χ3n) is 2.16. The Morgan fingerprint density at radius 1 is 1.67 bits per heavy atom. The first-order valence-corrected chi connectivity index (χ1v) is 5.34. The van der Waals surface area contributed by atoms with E-state index in [1.165, 1.54) is 0 Å². The summed E-state index contributed by atoms with van der Waals surface area (Å²) in [4.78, 5) is 2.76. The summed E-state index contributed by atoms with van der Waals surface area (Å²) in [7, 11) is 0. The lowest BCUT2D eigenvalue weighted by atomic mass is 10.1. The molecule has 5 nitrogen and oxygen atoms in total. The first-order chi connectivity index (χ1) is 7.33. The molecule has 0 saturated heterocycles. The maximum atomic E-state index is 8.31. The molecule has 0 aliphatic carbocycles. The number of thiophene rings is 1. The van der Waals surface area contributed by atoms with E-state index in [1.807, 2.05) is 23.8 Å². The molecule has 0 aromatic carbocycles. The van der Waals surface area contributed by atoms with Crippen molar-refractivity contribution >= 4 is 11.3 Å². The third kappa shape index (κ3) is 1.86. The van der Waals surface area contributed by atoms with Crippen LogP contribution in [0.25, 0.3) is 21.7 Å². The summed E-state index contributed by atoms with van der Waals surface area (Å²) >= 11 is 1.62. The maximum absolute atomic E-state index is 8.31. The Balaban J connectivity index is 2.44. The van der Waals surface area contributed by atoms with Crippen LogP contribution < -0.4 is 0 Å². The van der Waals surface area contributed by atoms with Gasteiger partial charge in [-0.3, -0.25) is 5.10 Å². The van der Waals surface area contributed by atoms with Crippen molar-refractivity contribution in [1.29, 1.82) is 0 Å². The van der Waals surface area contributed by atoms with Crippen LogP contribution in [0.2, 0.25) is 0 Å². The molecule has 0 saturated carbocycles. The largest absolute Gasteiger partial charge is 0.282 e. The normalized spacial score (nSPS) is 9.93. The average Bonchev–Trinajstić information content (AvgIpc) is 2.84. The summed E-state index contributed by atoms with van der Waals surface area (Å²) in [5.74, 6) is 0. The van der Waals surface area contributed by atoms with E-state index in [-0.39, 0.29) is 0 Å². The zero-order valence-corrected chi connectivity index (χ0v) is 8.95. The molecular formula is C9H9N5S. The second-order valence-corrected chi connectivity index (χ2v) is 3.86. The highest BCUT2D eigenvalue weighted by Gasteiger charge is 2.11. The summed E-state index contributed by atoms with van der Waals surface area (Å²) in [5.41, 5.74) is 12.2. The van der Waals surface area contributed by atoms with Crippen LogP contribution in [0.1, 0.15) is 11.3 Å². The minimum atomic E-state index is 0.337. The van der Waals surface area contributed by atoms with Crippen molar-refractivity contribution in [3.05, 3.63) is 38.5 Å². The predicted molar refractivity (Wildman–Crippen MR) is 59.5 cm³/mol. The van der Waals surface area contributed by atoms with Crippen molar-refractivity contribution in [2.75, 3.05) is 0 Å². The fourth-order valence-corrected chi connectivity index (χ4v) is 2.03. The van der Waals surface area contributed by atoms with Gasteiger partial charge in [-0.1, -0.05) is 5.11 Å². The van der Waals surface area contributed by atoms with Gasteiger partial charge in [-0.2, -0.15) is 16.4 Å². The van der Waals surface area contributed by atoms with Crippen molar-refractivity contribution in [2.24, 2.45) is 5.11 Å². The SMILES string of the molecule is Cc1[nH]nc(-c2ccsc2)c1CN=[N+]=[N-]. The van der Waals surface area contributed by atoms with E-state index in [1.54, 1.807) is 11.3 Å². The lowest BCUT2D eigenvalue weighted by Crippen LogP contribution is -1.85. The van der Waals surface area contributed by atoms with Crippen LogP contribution in [0.5, 0.6) is 0 Å². The first kappa shape index (κ1) is 9.76. The number of H-pyrrole nitrogens is 1. The fraction of sp³-hybridized carbons (Fsp3) is 0.222. The molecule has 0 radical (unpaired) electrons. The van der Waals surface area contributed by atoms with Crippen molar-refractivity contribution in [2.45, 2.75) is 13.5 Å². The van der Waals surface area contributed by atoms with E-state index in [9.17, 15) is 0 Å². The highest BCUT2D eigenvalue weighted by Crippen LogP contribution is 2.26. The van der Waals surface area contributed by atoms with E-state index in [4.69, 9.17) is 5.53 Å². The van der Waals surface area contributed by atoms with Gasteiger partial charge in [0.2, 0.25) is 0 Å². The van der Waals surface area contributed by atoms with Crippen LogP contribution >= 0.6 is 11.3 Å². The van der Waals surface area contributed by atoms with Crippen LogP contribution in [0, 0.1) is 6.92 Å². The molecule has 76 valence electrons. The Morgan fingerprint density at radius 2 is 2.53 bits per heavy atom. The Kier molecular flexibility index (Phi) is 2.71. The topological polar surface area (TPSA) is 77.4 Å². The molecule has 0 spiro atoms. The standard InChI is InChI=1S/C9H9N5S/c1-6-8(4-11-14-10)9(13-12-6)7-2-3-15-5-7/h2-3,5H,4H2,1H3,(H,12,13). The molecule has 0 amide bonds. The minimum absolute atomic E-state index is 0.337. The zero-order chi connectivity index (χ0) is 10.7. The van der Waals surface area contributed by atoms with Crippen molar-refractivity contribution in [3.63, 3.8) is 0 Å². The monoisotopic (exact) mass is 219 g/mol. The van der Waals surface area contributed by atoms with E-state index in [2.05, 4.69) is 20.2 Å². The molecule has 6 heteroatoms. The number of rotatable bonds is 3. The minimum Gasteiger partial charge on any atom is -0.282 e. The highest BCUT2D eigenvalue weighted by molar-refractivity contribution is 7.08. The van der Waals surface area contributed by atoms with Crippen molar-refractivity contribution in [3.8, 4) is 11.3 Å². The number of nitrogens with zero attached hydrogens (tertiary/aromatic N) is 4. The van der Waals surface area contributed by atoms with Gasteiger partial charge in [-0.25, -0.2) is 0 Å². The Morgan fingerprint density at radius 3 is 3.20 bits per heavy atom. The Bertz CT molecular complexity index is 493. The molecular weight excluding hydrogens is 210 g/mol. The summed E-state index contributed by atoms with van der Waals surface area (Å²) < 4.78 is 0. The molecule has 1 N–H and O–H groups in total. The molecule has 0 aliphatic heterocycles. The van der Waals surface area contributed by atoms with E-state index < -0.39 is 0 Å². The maximum Gasteiger partial charge on any atom is 0.0965 e. The van der Waals surface area contributed by atoms with Gasteiger partial charge in [-0.05, 0) is 23.9 Å². The number of azide groups is 1. The lowest BCUT2D eigenvalue weighted by molar-refractivity contribution is 1.01. The van der Waals surface area contributed by atoms with Crippen LogP contribution in [0.15, 0.2) is 21.9 Å².